The summed E-state index contributed by atoms with van der Waals surface area (Å²) in [6, 6.07) is 40.5. The number of methoxy groups -OCH3 is 1. The molecule has 0 amide bonds. The fraction of sp³-hybridized carbons (Fsp3) is 0.451. The zero-order chi connectivity index (χ0) is 44.8. The number of hydrogen-bond acceptors (Lipinski definition) is 10. The molecule has 62 heavy (non-hydrogen) atoms. The van der Waals surface area contributed by atoms with Crippen molar-refractivity contribution in [1.29, 1.82) is 0 Å². The predicted octanol–water partition coefficient (Wildman–Crippen LogP) is 8.46. The summed E-state index contributed by atoms with van der Waals surface area (Å²) in [6.07, 6.45) is 0.745. The van der Waals surface area contributed by atoms with Gasteiger partial charge in [0.05, 0.1) is 25.9 Å². The van der Waals surface area contributed by atoms with E-state index in [2.05, 4.69) is 69.3 Å². The van der Waals surface area contributed by atoms with Crippen LogP contribution in [0.3, 0.4) is 0 Å². The van der Waals surface area contributed by atoms with Gasteiger partial charge in [-0.3, -0.25) is 0 Å². The minimum Gasteiger partial charge on any atom is -0.466 e. The lowest BCUT2D eigenvalue weighted by atomic mass is 9.79. The van der Waals surface area contributed by atoms with E-state index in [1.165, 1.54) is 30.5 Å². The average molecular weight is 867 g/mol. The molecule has 5 rings (SSSR count). The standard InChI is InChI=1S/C51H66O10Si/c1-38-44(60-48(53)61-46(38)51(6,55)34-32-43(52)56-7)45(57-36-39-24-14-10-15-25-39)47(58-37-40-26-16-11-17-27-40)50(5,54)33-22-8-9-23-35-59-62(49(2,3)4,41-28-18-12-19-29-41)42-30-20-13-21-31-42/h10-21,24-32,34,38,44-47,54-55H,8-9,22-23,33,35-37H2,1-7H3/b34-32+/t38?,44-,45+,46+,47-,50-,51-/m1/s1. The van der Waals surface area contributed by atoms with Crippen LogP contribution in [0.25, 0.3) is 0 Å². The molecule has 10 nitrogen and oxygen atoms in total. The molecule has 0 aromatic heterocycles. The average Bonchev–Trinajstić information content (AvgIpc) is 3.26. The summed E-state index contributed by atoms with van der Waals surface area (Å²) in [6.45, 7) is 12.7. The van der Waals surface area contributed by atoms with E-state index in [0.29, 0.717) is 19.4 Å². The monoisotopic (exact) mass is 866 g/mol. The lowest BCUT2D eigenvalue weighted by Crippen LogP contribution is -2.66. The second kappa shape index (κ2) is 22.1. The molecule has 0 spiro atoms. The normalized spacial score (nSPS) is 20.0. The number of benzene rings is 4. The number of cyclic esters (lactones) is 2. The molecule has 1 heterocycles. The molecule has 0 saturated carbocycles. The van der Waals surface area contributed by atoms with Crippen LogP contribution in [-0.4, -0.2) is 80.0 Å². The fourth-order valence-electron chi connectivity index (χ4n) is 8.62. The van der Waals surface area contributed by atoms with Crippen molar-refractivity contribution in [3.63, 3.8) is 0 Å². The second-order valence-corrected chi connectivity index (χ2v) is 22.1. The Morgan fingerprint density at radius 2 is 1.23 bits per heavy atom. The summed E-state index contributed by atoms with van der Waals surface area (Å²) in [7, 11) is -1.42. The Labute approximate surface area is 369 Å². The number of esters is 1. The van der Waals surface area contributed by atoms with Gasteiger partial charge < -0.3 is 38.3 Å². The van der Waals surface area contributed by atoms with Gasteiger partial charge in [-0.2, -0.15) is 0 Å². The van der Waals surface area contributed by atoms with E-state index < -0.39 is 62.0 Å². The van der Waals surface area contributed by atoms with Crippen molar-refractivity contribution in [1.82, 2.24) is 0 Å². The van der Waals surface area contributed by atoms with Crippen LogP contribution in [0.1, 0.15) is 84.8 Å². The Morgan fingerprint density at radius 1 is 0.726 bits per heavy atom. The van der Waals surface area contributed by atoms with E-state index in [-0.39, 0.29) is 18.3 Å². The first-order chi connectivity index (χ1) is 29.6. The molecule has 1 saturated heterocycles. The van der Waals surface area contributed by atoms with E-state index >= 15 is 0 Å². The van der Waals surface area contributed by atoms with Gasteiger partial charge in [0.2, 0.25) is 0 Å². The summed E-state index contributed by atoms with van der Waals surface area (Å²) >= 11 is 0. The highest BCUT2D eigenvalue weighted by Crippen LogP contribution is 2.39. The molecule has 1 aliphatic rings. The van der Waals surface area contributed by atoms with Gasteiger partial charge in [-0.25, -0.2) is 9.59 Å². The maximum Gasteiger partial charge on any atom is 0.509 e. The van der Waals surface area contributed by atoms with E-state index in [0.717, 1.165) is 36.5 Å². The molecule has 11 heteroatoms. The minimum absolute atomic E-state index is 0.117. The molecule has 7 atom stereocenters. The number of carbonyl (C=O) groups is 2. The molecular weight excluding hydrogens is 801 g/mol. The molecule has 2 N–H and O–H groups in total. The number of hydrogen-bond donors (Lipinski definition) is 2. The van der Waals surface area contributed by atoms with Crippen LogP contribution in [0, 0.1) is 5.92 Å². The van der Waals surface area contributed by atoms with E-state index in [9.17, 15) is 19.8 Å². The van der Waals surface area contributed by atoms with Crippen molar-refractivity contribution >= 4 is 30.8 Å². The third-order valence-electron chi connectivity index (χ3n) is 11.9. The zero-order valence-electron chi connectivity index (χ0n) is 37.4. The molecule has 0 aliphatic carbocycles. The predicted molar refractivity (Wildman–Crippen MR) is 243 cm³/mol. The number of carbonyl (C=O) groups excluding carboxylic acids is 2. The Balaban J connectivity index is 1.36. The second-order valence-electron chi connectivity index (χ2n) is 17.8. The highest BCUT2D eigenvalue weighted by molar-refractivity contribution is 6.99. The molecule has 4 aromatic rings. The van der Waals surface area contributed by atoms with Crippen LogP contribution in [0.15, 0.2) is 133 Å². The molecule has 0 radical (unpaired) electrons. The summed E-state index contributed by atoms with van der Waals surface area (Å²) in [5, 5.41) is 26.5. The Bertz CT molecular complexity index is 1940. The molecule has 334 valence electrons. The van der Waals surface area contributed by atoms with Crippen LogP contribution in [0.2, 0.25) is 5.04 Å². The van der Waals surface area contributed by atoms with Crippen molar-refractivity contribution in [2.45, 2.75) is 128 Å². The molecule has 1 fully saturated rings. The number of ether oxygens (including phenoxy) is 5. The fourth-order valence-corrected chi connectivity index (χ4v) is 13.2. The first kappa shape index (κ1) is 48.4. The van der Waals surface area contributed by atoms with Crippen molar-refractivity contribution in [3.05, 3.63) is 145 Å². The van der Waals surface area contributed by atoms with Crippen LogP contribution in [0.4, 0.5) is 4.79 Å². The van der Waals surface area contributed by atoms with Gasteiger partial charge in [0.1, 0.15) is 30.0 Å². The third kappa shape index (κ3) is 12.5. The van der Waals surface area contributed by atoms with Gasteiger partial charge in [-0.05, 0) is 59.3 Å². The SMILES string of the molecule is COC(=O)/C=C/[C@@](C)(O)[C@H]1OC(=O)O[C@@H]([C@H](OCc2ccccc2)[C@@H](OCc2ccccc2)[C@](C)(O)CCCCCCO[Si](c2ccccc2)(c2ccccc2)C(C)(C)C)C1C. The Kier molecular flexibility index (Phi) is 17.3. The van der Waals surface area contributed by atoms with Gasteiger partial charge in [0, 0.05) is 18.6 Å². The molecule has 4 aromatic carbocycles. The summed E-state index contributed by atoms with van der Waals surface area (Å²) in [5.41, 5.74) is -1.50. The Morgan fingerprint density at radius 3 is 1.74 bits per heavy atom. The van der Waals surface area contributed by atoms with Crippen LogP contribution in [-0.2, 0) is 46.1 Å². The van der Waals surface area contributed by atoms with Gasteiger partial charge in [-0.15, -0.1) is 0 Å². The van der Waals surface area contributed by atoms with Crippen LogP contribution >= 0.6 is 0 Å². The molecule has 1 unspecified atom stereocenters. The first-order valence-corrected chi connectivity index (χ1v) is 23.6. The van der Waals surface area contributed by atoms with E-state index in [4.69, 9.17) is 28.1 Å². The zero-order valence-corrected chi connectivity index (χ0v) is 38.4. The number of rotatable bonds is 22. The Hall–Kier alpha value is -4.62. The van der Waals surface area contributed by atoms with Gasteiger partial charge in [0.15, 0.2) is 0 Å². The smallest absolute Gasteiger partial charge is 0.466 e. The third-order valence-corrected chi connectivity index (χ3v) is 16.9. The minimum atomic E-state index is -2.66. The van der Waals surface area contributed by atoms with Gasteiger partial charge in [-0.1, -0.05) is 168 Å². The lowest BCUT2D eigenvalue weighted by Gasteiger charge is -2.47. The highest BCUT2D eigenvalue weighted by atomic mass is 28.4. The number of unbranched alkanes of at least 4 members (excludes halogenated alkanes) is 3. The summed E-state index contributed by atoms with van der Waals surface area (Å²) in [5.74, 6) is -1.37. The van der Waals surface area contributed by atoms with Crippen LogP contribution < -0.4 is 10.4 Å². The van der Waals surface area contributed by atoms with Gasteiger partial charge in [0.25, 0.3) is 8.32 Å². The number of aliphatic hydroxyl groups is 2. The van der Waals surface area contributed by atoms with Gasteiger partial charge >= 0.3 is 12.1 Å². The van der Waals surface area contributed by atoms with Crippen molar-refractivity contribution < 1.29 is 47.9 Å². The lowest BCUT2D eigenvalue weighted by molar-refractivity contribution is -0.233. The van der Waals surface area contributed by atoms with Crippen molar-refractivity contribution in [2.24, 2.45) is 5.92 Å². The highest BCUT2D eigenvalue weighted by Gasteiger charge is 2.54. The summed E-state index contributed by atoms with van der Waals surface area (Å²) in [4.78, 5) is 25.2. The summed E-state index contributed by atoms with van der Waals surface area (Å²) < 4.78 is 36.7. The molecular formula is C51H66O10Si. The first-order valence-electron chi connectivity index (χ1n) is 21.7. The molecule has 1 aliphatic heterocycles. The van der Waals surface area contributed by atoms with E-state index in [1.807, 2.05) is 72.8 Å². The quantitative estimate of drug-likeness (QED) is 0.0344. The van der Waals surface area contributed by atoms with E-state index in [1.54, 1.807) is 13.8 Å². The maximum atomic E-state index is 13.2. The van der Waals surface area contributed by atoms with Crippen molar-refractivity contribution in [3.8, 4) is 0 Å². The molecule has 0 bridgehead atoms. The van der Waals surface area contributed by atoms with Crippen LogP contribution in [0.5, 0.6) is 0 Å². The largest absolute Gasteiger partial charge is 0.509 e. The maximum absolute atomic E-state index is 13.2. The van der Waals surface area contributed by atoms with Crippen molar-refractivity contribution in [2.75, 3.05) is 13.7 Å². The topological polar surface area (TPSA) is 130 Å².